The fourth-order valence-corrected chi connectivity index (χ4v) is 2.58. The van der Waals surface area contributed by atoms with Gasteiger partial charge in [0.1, 0.15) is 0 Å². The van der Waals surface area contributed by atoms with Crippen LogP contribution in [0.5, 0.6) is 0 Å². The van der Waals surface area contributed by atoms with Gasteiger partial charge in [-0.1, -0.05) is 25.1 Å². The number of benzene rings is 1. The number of rotatable bonds is 6. The molecule has 1 aromatic rings. The largest absolute Gasteiger partial charge is 0.355 e. The van der Waals surface area contributed by atoms with E-state index in [0.717, 1.165) is 6.42 Å². The van der Waals surface area contributed by atoms with Crippen LogP contribution in [0.3, 0.4) is 0 Å². The normalized spacial score (nSPS) is 13.0. The van der Waals surface area contributed by atoms with E-state index in [1.807, 2.05) is 6.92 Å². The van der Waals surface area contributed by atoms with E-state index in [4.69, 9.17) is 0 Å². The van der Waals surface area contributed by atoms with Crippen molar-refractivity contribution in [3.63, 3.8) is 0 Å². The van der Waals surface area contributed by atoms with Crippen molar-refractivity contribution in [2.24, 2.45) is 0 Å². The highest BCUT2D eigenvalue weighted by Gasteiger charge is 2.21. The minimum Gasteiger partial charge on any atom is -0.355 e. The topological polar surface area (TPSA) is 75.3 Å². The maximum Gasteiger partial charge on any atom is 0.241 e. The smallest absolute Gasteiger partial charge is 0.241 e. The molecule has 0 aliphatic rings. The summed E-state index contributed by atoms with van der Waals surface area (Å²) < 4.78 is 26.2. The highest BCUT2D eigenvalue weighted by atomic mass is 32.2. The van der Waals surface area contributed by atoms with Gasteiger partial charge in [-0.25, -0.2) is 8.42 Å². The van der Waals surface area contributed by atoms with E-state index >= 15 is 0 Å². The van der Waals surface area contributed by atoms with Crippen LogP contribution in [0.15, 0.2) is 35.2 Å². The van der Waals surface area contributed by atoms with Crippen LogP contribution >= 0.6 is 0 Å². The Labute approximate surface area is 108 Å². The minimum atomic E-state index is -3.64. The van der Waals surface area contributed by atoms with Crippen molar-refractivity contribution >= 4 is 15.9 Å². The highest BCUT2D eigenvalue weighted by molar-refractivity contribution is 7.89. The van der Waals surface area contributed by atoms with E-state index < -0.39 is 16.1 Å². The zero-order valence-corrected chi connectivity index (χ0v) is 11.3. The molecule has 18 heavy (non-hydrogen) atoms. The predicted octanol–water partition coefficient (Wildman–Crippen LogP) is 0.880. The molecule has 0 spiro atoms. The Kier molecular flexibility index (Phi) is 5.30. The van der Waals surface area contributed by atoms with Crippen LogP contribution < -0.4 is 10.0 Å². The summed E-state index contributed by atoms with van der Waals surface area (Å²) in [6.07, 6.45) is 0.809. The third kappa shape index (κ3) is 4.12. The molecule has 2 N–H and O–H groups in total. The zero-order chi connectivity index (χ0) is 13.6. The Morgan fingerprint density at radius 1 is 1.28 bits per heavy atom. The fraction of sp³-hybridized carbons (Fsp3) is 0.417. The Bertz CT molecular complexity index is 485. The average Bonchev–Trinajstić information content (AvgIpc) is 2.36. The van der Waals surface area contributed by atoms with Gasteiger partial charge in [0.15, 0.2) is 0 Å². The Morgan fingerprint density at radius 3 is 2.44 bits per heavy atom. The molecule has 0 saturated carbocycles. The van der Waals surface area contributed by atoms with Crippen LogP contribution in [-0.4, -0.2) is 26.9 Å². The van der Waals surface area contributed by atoms with E-state index in [1.165, 1.54) is 19.1 Å². The molecular formula is C12H18N2O3S. The average molecular weight is 270 g/mol. The van der Waals surface area contributed by atoms with Crippen LogP contribution in [0, 0.1) is 0 Å². The second kappa shape index (κ2) is 6.51. The molecule has 0 bridgehead atoms. The molecule has 0 radical (unpaired) electrons. The third-order valence-electron chi connectivity index (χ3n) is 2.33. The number of carbonyl (C=O) groups is 1. The molecule has 6 heteroatoms. The molecular weight excluding hydrogens is 252 g/mol. The lowest BCUT2D eigenvalue weighted by molar-refractivity contribution is -0.122. The summed E-state index contributed by atoms with van der Waals surface area (Å²) in [6, 6.07) is 7.18. The van der Waals surface area contributed by atoms with Crippen molar-refractivity contribution in [2.45, 2.75) is 31.2 Å². The Balaban J connectivity index is 2.69. The molecule has 0 fully saturated rings. The summed E-state index contributed by atoms with van der Waals surface area (Å²) in [4.78, 5) is 11.7. The number of hydrogen-bond acceptors (Lipinski definition) is 3. The summed E-state index contributed by atoms with van der Waals surface area (Å²) in [5.41, 5.74) is 0. The van der Waals surface area contributed by atoms with Gasteiger partial charge in [0.2, 0.25) is 15.9 Å². The van der Waals surface area contributed by atoms with Gasteiger partial charge in [-0.15, -0.1) is 0 Å². The summed E-state index contributed by atoms with van der Waals surface area (Å²) in [5.74, 6) is -0.323. The third-order valence-corrected chi connectivity index (χ3v) is 3.88. The highest BCUT2D eigenvalue weighted by Crippen LogP contribution is 2.07. The van der Waals surface area contributed by atoms with Crippen molar-refractivity contribution < 1.29 is 13.2 Å². The van der Waals surface area contributed by atoms with Gasteiger partial charge in [-0.3, -0.25) is 4.79 Å². The monoisotopic (exact) mass is 270 g/mol. The van der Waals surface area contributed by atoms with Gasteiger partial charge >= 0.3 is 0 Å². The second-order valence-corrected chi connectivity index (χ2v) is 5.66. The van der Waals surface area contributed by atoms with Crippen molar-refractivity contribution in [1.29, 1.82) is 0 Å². The van der Waals surface area contributed by atoms with Crippen LogP contribution in [-0.2, 0) is 14.8 Å². The number of nitrogens with one attached hydrogen (secondary N) is 2. The van der Waals surface area contributed by atoms with Gasteiger partial charge in [-0.2, -0.15) is 4.72 Å². The lowest BCUT2D eigenvalue weighted by atomic mass is 10.3. The lowest BCUT2D eigenvalue weighted by Gasteiger charge is -2.14. The number of hydrogen-bond donors (Lipinski definition) is 2. The molecule has 100 valence electrons. The summed E-state index contributed by atoms with van der Waals surface area (Å²) in [6.45, 7) is 3.99. The van der Waals surface area contributed by atoms with E-state index in [1.54, 1.807) is 18.2 Å². The molecule has 0 unspecified atom stereocenters. The maximum absolute atomic E-state index is 11.9. The van der Waals surface area contributed by atoms with Gasteiger partial charge in [0.05, 0.1) is 10.9 Å². The molecule has 1 rings (SSSR count). The molecule has 0 aliphatic heterocycles. The molecule has 1 aromatic carbocycles. The molecule has 1 atom stereocenters. The first kappa shape index (κ1) is 14.7. The lowest BCUT2D eigenvalue weighted by Crippen LogP contribution is -2.44. The predicted molar refractivity (Wildman–Crippen MR) is 69.5 cm³/mol. The standard InChI is InChI=1S/C12H18N2O3S/c1-3-9-13-12(15)10(2)14-18(16,17)11-7-5-4-6-8-11/h4-8,10,14H,3,9H2,1-2H3,(H,13,15)/t10-/m0/s1. The van der Waals surface area contributed by atoms with Gasteiger partial charge < -0.3 is 5.32 Å². The Morgan fingerprint density at radius 2 is 1.89 bits per heavy atom. The van der Waals surface area contributed by atoms with Crippen molar-refractivity contribution in [2.75, 3.05) is 6.54 Å². The first-order valence-corrected chi connectivity index (χ1v) is 7.30. The second-order valence-electron chi connectivity index (χ2n) is 3.95. The first-order valence-electron chi connectivity index (χ1n) is 5.82. The van der Waals surface area contributed by atoms with Gasteiger partial charge in [0, 0.05) is 6.54 Å². The minimum absolute atomic E-state index is 0.153. The van der Waals surface area contributed by atoms with Gasteiger partial charge in [0.25, 0.3) is 0 Å². The van der Waals surface area contributed by atoms with Crippen LogP contribution in [0.2, 0.25) is 0 Å². The number of sulfonamides is 1. The molecule has 5 nitrogen and oxygen atoms in total. The van der Waals surface area contributed by atoms with E-state index in [9.17, 15) is 13.2 Å². The van der Waals surface area contributed by atoms with Gasteiger partial charge in [-0.05, 0) is 25.5 Å². The van der Waals surface area contributed by atoms with Crippen molar-refractivity contribution in [3.8, 4) is 0 Å². The van der Waals surface area contributed by atoms with Crippen molar-refractivity contribution in [1.82, 2.24) is 10.0 Å². The van der Waals surface area contributed by atoms with Crippen LogP contribution in [0.25, 0.3) is 0 Å². The number of carbonyl (C=O) groups excluding carboxylic acids is 1. The number of amides is 1. The maximum atomic E-state index is 11.9. The fourth-order valence-electron chi connectivity index (χ4n) is 1.36. The van der Waals surface area contributed by atoms with E-state index in [2.05, 4.69) is 10.0 Å². The first-order chi connectivity index (χ1) is 8.47. The Hall–Kier alpha value is -1.40. The molecule has 0 aromatic heterocycles. The summed E-state index contributed by atoms with van der Waals surface area (Å²) >= 11 is 0. The summed E-state index contributed by atoms with van der Waals surface area (Å²) in [5, 5.41) is 2.64. The van der Waals surface area contributed by atoms with Crippen molar-refractivity contribution in [3.05, 3.63) is 30.3 Å². The van der Waals surface area contributed by atoms with Crippen LogP contribution in [0.1, 0.15) is 20.3 Å². The molecule has 0 saturated heterocycles. The zero-order valence-electron chi connectivity index (χ0n) is 10.5. The summed E-state index contributed by atoms with van der Waals surface area (Å²) in [7, 11) is -3.64. The SMILES string of the molecule is CCCNC(=O)[C@H](C)NS(=O)(=O)c1ccccc1. The van der Waals surface area contributed by atoms with Crippen LogP contribution in [0.4, 0.5) is 0 Å². The quantitative estimate of drug-likeness (QED) is 0.805. The molecule has 0 heterocycles. The molecule has 1 amide bonds. The van der Waals surface area contributed by atoms with E-state index in [-0.39, 0.29) is 10.8 Å². The molecule has 0 aliphatic carbocycles. The van der Waals surface area contributed by atoms with E-state index in [0.29, 0.717) is 6.54 Å².